The Balaban J connectivity index is 2.42. The molecule has 0 bridgehead atoms. The average Bonchev–Trinajstić information content (AvgIpc) is 2.37. The monoisotopic (exact) mass is 421 g/mol. The molecule has 2 aromatic rings. The highest BCUT2D eigenvalue weighted by Crippen LogP contribution is 2.30. The van der Waals surface area contributed by atoms with Crippen molar-refractivity contribution in [3.63, 3.8) is 0 Å². The Labute approximate surface area is 142 Å². The quantitative estimate of drug-likeness (QED) is 0.520. The molecule has 0 aliphatic heterocycles. The third kappa shape index (κ3) is 3.54. The normalized spacial score (nSPS) is 10.9. The van der Waals surface area contributed by atoms with Gasteiger partial charge in [-0.2, -0.15) is 0 Å². The number of hydrogen-bond donors (Lipinski definition) is 1. The van der Waals surface area contributed by atoms with Crippen molar-refractivity contribution in [2.45, 2.75) is 26.7 Å². The van der Waals surface area contributed by atoms with E-state index in [1.54, 1.807) is 0 Å². The third-order valence-corrected chi connectivity index (χ3v) is 4.16. The fourth-order valence-electron chi connectivity index (χ4n) is 1.60. The number of halogens is 3. The van der Waals surface area contributed by atoms with Gasteiger partial charge in [-0.3, -0.25) is 0 Å². The van der Waals surface area contributed by atoms with Crippen molar-refractivity contribution < 1.29 is 0 Å². The first-order chi connectivity index (χ1) is 9.38. The molecule has 0 fully saturated rings. The van der Waals surface area contributed by atoms with E-state index in [0.29, 0.717) is 21.8 Å². The molecular weight excluding hydrogens is 408 g/mol. The summed E-state index contributed by atoms with van der Waals surface area (Å²) in [6.45, 7) is 5.95. The minimum atomic E-state index is 0.209. The van der Waals surface area contributed by atoms with Gasteiger partial charge in [0.2, 0.25) is 0 Å². The van der Waals surface area contributed by atoms with Gasteiger partial charge in [0, 0.05) is 15.1 Å². The molecule has 0 saturated carbocycles. The van der Waals surface area contributed by atoms with Gasteiger partial charge in [0.1, 0.15) is 16.8 Å². The van der Waals surface area contributed by atoms with E-state index < -0.39 is 0 Å². The topological polar surface area (TPSA) is 37.8 Å². The number of nitrogens with zero attached hydrogens (tertiary/aromatic N) is 2. The van der Waals surface area contributed by atoms with Gasteiger partial charge in [-0.05, 0) is 47.7 Å². The summed E-state index contributed by atoms with van der Waals surface area (Å²) in [5.74, 6) is 1.61. The molecule has 1 aromatic carbocycles. The number of benzene rings is 1. The van der Waals surface area contributed by atoms with Crippen molar-refractivity contribution >= 4 is 57.3 Å². The van der Waals surface area contributed by atoms with Gasteiger partial charge in [0.25, 0.3) is 0 Å². The van der Waals surface area contributed by atoms with E-state index in [1.807, 2.05) is 39.0 Å². The summed E-state index contributed by atoms with van der Waals surface area (Å²) in [6, 6.07) is 5.80. The summed E-state index contributed by atoms with van der Waals surface area (Å²) in [5, 5.41) is 4.35. The lowest BCUT2D eigenvalue weighted by molar-refractivity contribution is 0.773. The van der Waals surface area contributed by atoms with Gasteiger partial charge in [0.15, 0.2) is 0 Å². The van der Waals surface area contributed by atoms with Crippen molar-refractivity contribution in [1.82, 2.24) is 9.97 Å². The molecule has 0 aliphatic carbocycles. The lowest BCUT2D eigenvalue weighted by atomic mass is 10.2. The predicted octanol–water partition coefficient (Wildman–Crippen LogP) is 5.56. The van der Waals surface area contributed by atoms with E-state index in [4.69, 9.17) is 23.2 Å². The predicted molar refractivity (Wildman–Crippen MR) is 93.3 cm³/mol. The maximum Gasteiger partial charge on any atom is 0.138 e. The summed E-state index contributed by atoms with van der Waals surface area (Å²) in [6.07, 6.45) is 0. The van der Waals surface area contributed by atoms with Crippen LogP contribution in [-0.4, -0.2) is 9.97 Å². The van der Waals surface area contributed by atoms with Crippen LogP contribution in [0.2, 0.25) is 10.2 Å². The smallest absolute Gasteiger partial charge is 0.138 e. The van der Waals surface area contributed by atoms with Crippen LogP contribution in [-0.2, 0) is 0 Å². The molecule has 0 aliphatic rings. The van der Waals surface area contributed by atoms with Crippen molar-refractivity contribution in [2.75, 3.05) is 5.32 Å². The fourth-order valence-corrected chi connectivity index (χ4v) is 2.68. The van der Waals surface area contributed by atoms with Crippen LogP contribution in [0, 0.1) is 10.5 Å². The highest BCUT2D eigenvalue weighted by atomic mass is 127. The van der Waals surface area contributed by atoms with Crippen LogP contribution in [0.4, 0.5) is 11.5 Å². The summed E-state index contributed by atoms with van der Waals surface area (Å²) >= 11 is 14.6. The molecular formula is C14H14Cl2IN3. The summed E-state index contributed by atoms with van der Waals surface area (Å²) in [5.41, 5.74) is 1.62. The molecule has 0 spiro atoms. The molecule has 1 heterocycles. The van der Waals surface area contributed by atoms with E-state index in [2.05, 4.69) is 37.9 Å². The first-order valence-corrected chi connectivity index (χ1v) is 7.98. The lowest BCUT2D eigenvalue weighted by Crippen LogP contribution is -2.05. The summed E-state index contributed by atoms with van der Waals surface area (Å²) in [4.78, 5) is 8.82. The molecule has 1 N–H and O–H groups in total. The van der Waals surface area contributed by atoms with Crippen LogP contribution in [0.5, 0.6) is 0 Å². The van der Waals surface area contributed by atoms with Crippen LogP contribution in [0.3, 0.4) is 0 Å². The Morgan fingerprint density at radius 2 is 1.90 bits per heavy atom. The van der Waals surface area contributed by atoms with Gasteiger partial charge in [-0.15, -0.1) is 0 Å². The number of aromatic nitrogens is 2. The molecule has 1 aromatic heterocycles. The lowest BCUT2D eigenvalue weighted by Gasteiger charge is -2.14. The van der Waals surface area contributed by atoms with Crippen molar-refractivity contribution in [2.24, 2.45) is 0 Å². The van der Waals surface area contributed by atoms with Crippen molar-refractivity contribution in [3.8, 4) is 0 Å². The van der Waals surface area contributed by atoms with Gasteiger partial charge in [-0.1, -0.05) is 37.0 Å². The maximum absolute atomic E-state index is 6.23. The molecule has 0 saturated heterocycles. The highest BCUT2D eigenvalue weighted by Gasteiger charge is 2.13. The zero-order chi connectivity index (χ0) is 14.9. The van der Waals surface area contributed by atoms with Crippen LogP contribution < -0.4 is 5.32 Å². The second-order valence-corrected chi connectivity index (χ2v) is 6.76. The minimum absolute atomic E-state index is 0.209. The second kappa shape index (κ2) is 6.45. The number of nitrogens with one attached hydrogen (secondary N) is 1. The fraction of sp³-hybridized carbons (Fsp3) is 0.286. The number of rotatable bonds is 3. The van der Waals surface area contributed by atoms with Gasteiger partial charge in [-0.25, -0.2) is 9.97 Å². The molecule has 0 atom stereocenters. The molecule has 0 unspecified atom stereocenters. The van der Waals surface area contributed by atoms with Gasteiger partial charge >= 0.3 is 0 Å². The van der Waals surface area contributed by atoms with E-state index in [-0.39, 0.29) is 5.92 Å². The zero-order valence-corrected chi connectivity index (χ0v) is 15.0. The molecule has 0 radical (unpaired) electrons. The minimum Gasteiger partial charge on any atom is -0.339 e. The average molecular weight is 422 g/mol. The van der Waals surface area contributed by atoms with Crippen molar-refractivity contribution in [1.29, 1.82) is 0 Å². The van der Waals surface area contributed by atoms with Gasteiger partial charge < -0.3 is 5.32 Å². The first kappa shape index (κ1) is 15.8. The highest BCUT2D eigenvalue weighted by molar-refractivity contribution is 14.1. The molecule has 20 heavy (non-hydrogen) atoms. The second-order valence-electron chi connectivity index (χ2n) is 4.75. The van der Waals surface area contributed by atoms with Crippen LogP contribution in [0.15, 0.2) is 18.2 Å². The van der Waals surface area contributed by atoms with Gasteiger partial charge in [0.05, 0.1) is 10.7 Å². The Morgan fingerprint density at radius 1 is 1.20 bits per heavy atom. The van der Waals surface area contributed by atoms with Crippen LogP contribution in [0.25, 0.3) is 0 Å². The Morgan fingerprint density at radius 3 is 2.50 bits per heavy atom. The molecule has 2 rings (SSSR count). The largest absolute Gasteiger partial charge is 0.339 e. The Kier molecular flexibility index (Phi) is 5.09. The van der Waals surface area contributed by atoms with E-state index >= 15 is 0 Å². The summed E-state index contributed by atoms with van der Waals surface area (Å²) in [7, 11) is 0. The molecule has 6 heteroatoms. The van der Waals surface area contributed by atoms with Crippen LogP contribution in [0.1, 0.15) is 31.2 Å². The standard InChI is InChI=1S/C14H14Cl2IN3/c1-7(2)13-19-12(16)8(3)14(20-13)18-11-5-4-9(17)6-10(11)15/h4-7H,1-3H3,(H,18,19,20). The third-order valence-electron chi connectivity index (χ3n) is 2.80. The zero-order valence-electron chi connectivity index (χ0n) is 11.3. The van der Waals surface area contributed by atoms with E-state index in [1.165, 1.54) is 0 Å². The SMILES string of the molecule is Cc1c(Cl)nc(C(C)C)nc1Nc1ccc(I)cc1Cl. The van der Waals surface area contributed by atoms with E-state index in [0.717, 1.165) is 14.8 Å². The van der Waals surface area contributed by atoms with Crippen molar-refractivity contribution in [3.05, 3.63) is 43.3 Å². The molecule has 106 valence electrons. The Hall–Kier alpha value is -0.590. The van der Waals surface area contributed by atoms with Crippen LogP contribution >= 0.6 is 45.8 Å². The Bertz CT molecular complexity index is 645. The number of hydrogen-bond acceptors (Lipinski definition) is 3. The molecule has 3 nitrogen and oxygen atoms in total. The molecule has 0 amide bonds. The summed E-state index contributed by atoms with van der Waals surface area (Å²) < 4.78 is 1.08. The first-order valence-electron chi connectivity index (χ1n) is 6.14. The number of anilines is 2. The van der Waals surface area contributed by atoms with E-state index in [9.17, 15) is 0 Å². The maximum atomic E-state index is 6.23.